The maximum atomic E-state index is 12.7. The highest BCUT2D eigenvalue weighted by atomic mass is 16.6. The lowest BCUT2D eigenvalue weighted by atomic mass is 10.1. The molecule has 26 heavy (non-hydrogen) atoms. The number of hydrogen-bond acceptors (Lipinski definition) is 7. The van der Waals surface area contributed by atoms with E-state index in [1.54, 1.807) is 52.1 Å². The van der Waals surface area contributed by atoms with Gasteiger partial charge in [-0.1, -0.05) is 24.3 Å². The SMILES string of the molecule is COCCOCCN(C(=O)OC(C)(C)C)N1C(O)c2ccccc2C1O. The highest BCUT2D eigenvalue weighted by Crippen LogP contribution is 2.40. The smallest absolute Gasteiger partial charge is 0.425 e. The first-order valence-electron chi connectivity index (χ1n) is 8.56. The van der Waals surface area contributed by atoms with Crippen molar-refractivity contribution in [3.63, 3.8) is 0 Å². The van der Waals surface area contributed by atoms with Gasteiger partial charge in [0.25, 0.3) is 0 Å². The summed E-state index contributed by atoms with van der Waals surface area (Å²) in [5.41, 5.74) is 0.386. The molecule has 1 aliphatic rings. The maximum absolute atomic E-state index is 12.7. The number of methoxy groups -OCH3 is 1. The zero-order valence-corrected chi connectivity index (χ0v) is 15.7. The van der Waals surface area contributed by atoms with Crippen LogP contribution in [-0.2, 0) is 14.2 Å². The molecule has 8 nitrogen and oxygen atoms in total. The van der Waals surface area contributed by atoms with Gasteiger partial charge in [-0.3, -0.25) is 0 Å². The molecule has 1 aliphatic heterocycles. The molecule has 1 heterocycles. The largest absolute Gasteiger partial charge is 0.443 e. The van der Waals surface area contributed by atoms with Crippen molar-refractivity contribution in [3.05, 3.63) is 35.4 Å². The van der Waals surface area contributed by atoms with Crippen LogP contribution in [0.2, 0.25) is 0 Å². The number of fused-ring (bicyclic) bond motifs is 1. The number of carbonyl (C=O) groups excluding carboxylic acids is 1. The summed E-state index contributed by atoms with van der Waals surface area (Å²) in [5, 5.41) is 23.6. The van der Waals surface area contributed by atoms with E-state index in [0.29, 0.717) is 24.3 Å². The third-order valence-electron chi connectivity index (χ3n) is 3.82. The summed E-state index contributed by atoms with van der Waals surface area (Å²) in [6.45, 7) is 6.39. The summed E-state index contributed by atoms with van der Waals surface area (Å²) < 4.78 is 15.8. The molecular formula is C18H28N2O6. The third-order valence-corrected chi connectivity index (χ3v) is 3.82. The number of benzene rings is 1. The van der Waals surface area contributed by atoms with E-state index in [9.17, 15) is 15.0 Å². The van der Waals surface area contributed by atoms with Crippen LogP contribution in [0.25, 0.3) is 0 Å². The van der Waals surface area contributed by atoms with Crippen LogP contribution in [-0.4, -0.2) is 65.4 Å². The Morgan fingerprint density at radius 1 is 1.12 bits per heavy atom. The first-order valence-corrected chi connectivity index (χ1v) is 8.56. The second-order valence-electron chi connectivity index (χ2n) is 6.96. The Morgan fingerprint density at radius 3 is 2.19 bits per heavy atom. The van der Waals surface area contributed by atoms with Crippen molar-refractivity contribution >= 4 is 6.09 Å². The Morgan fingerprint density at radius 2 is 1.69 bits per heavy atom. The van der Waals surface area contributed by atoms with Crippen LogP contribution in [0, 0.1) is 0 Å². The Bertz CT molecular complexity index is 575. The summed E-state index contributed by atoms with van der Waals surface area (Å²) in [6.07, 6.45) is -2.99. The molecule has 2 N–H and O–H groups in total. The second kappa shape index (κ2) is 8.79. The van der Waals surface area contributed by atoms with Crippen molar-refractivity contribution in [2.75, 3.05) is 33.5 Å². The van der Waals surface area contributed by atoms with Crippen LogP contribution >= 0.6 is 0 Å². The summed E-state index contributed by atoms with van der Waals surface area (Å²) in [7, 11) is 1.57. The van der Waals surface area contributed by atoms with Gasteiger partial charge in [-0.15, -0.1) is 0 Å². The van der Waals surface area contributed by atoms with E-state index < -0.39 is 24.2 Å². The number of amides is 1. The molecular weight excluding hydrogens is 340 g/mol. The number of hydrazine groups is 1. The number of nitrogens with zero attached hydrogens (tertiary/aromatic N) is 2. The number of rotatable bonds is 7. The topological polar surface area (TPSA) is 91.7 Å². The van der Waals surface area contributed by atoms with Crippen molar-refractivity contribution in [2.24, 2.45) is 0 Å². The third kappa shape index (κ3) is 4.93. The molecule has 0 fully saturated rings. The molecule has 0 saturated heterocycles. The average molecular weight is 368 g/mol. The van der Waals surface area contributed by atoms with Gasteiger partial charge in [0.1, 0.15) is 5.60 Å². The minimum atomic E-state index is -1.16. The van der Waals surface area contributed by atoms with Gasteiger partial charge in [0.2, 0.25) is 0 Å². The zero-order valence-electron chi connectivity index (χ0n) is 15.7. The van der Waals surface area contributed by atoms with E-state index in [1.807, 2.05) is 0 Å². The van der Waals surface area contributed by atoms with Gasteiger partial charge in [0.05, 0.1) is 26.4 Å². The highest BCUT2D eigenvalue weighted by molar-refractivity contribution is 5.67. The fourth-order valence-corrected chi connectivity index (χ4v) is 2.67. The summed E-state index contributed by atoms with van der Waals surface area (Å²) >= 11 is 0. The van der Waals surface area contributed by atoms with E-state index in [1.165, 1.54) is 10.0 Å². The number of hydrogen-bond donors (Lipinski definition) is 2. The van der Waals surface area contributed by atoms with Crippen molar-refractivity contribution in [1.82, 2.24) is 10.0 Å². The predicted octanol–water partition coefficient (Wildman–Crippen LogP) is 1.80. The van der Waals surface area contributed by atoms with Crippen LogP contribution in [0.3, 0.4) is 0 Å². The summed E-state index contributed by atoms with van der Waals surface area (Å²) in [4.78, 5) is 12.7. The molecule has 2 rings (SSSR count). The van der Waals surface area contributed by atoms with Crippen molar-refractivity contribution in [3.8, 4) is 0 Å². The van der Waals surface area contributed by atoms with Crippen molar-refractivity contribution in [2.45, 2.75) is 38.8 Å². The molecule has 0 aromatic heterocycles. The molecule has 2 unspecified atom stereocenters. The molecule has 2 atom stereocenters. The maximum Gasteiger partial charge on any atom is 0.425 e. The Hall–Kier alpha value is -1.71. The number of aliphatic hydroxyl groups excluding tert-OH is 2. The zero-order chi connectivity index (χ0) is 19.3. The molecule has 1 aromatic rings. The van der Waals surface area contributed by atoms with Gasteiger partial charge in [0.15, 0.2) is 12.5 Å². The highest BCUT2D eigenvalue weighted by Gasteiger charge is 2.42. The van der Waals surface area contributed by atoms with Crippen LogP contribution < -0.4 is 0 Å². The molecule has 0 spiro atoms. The van der Waals surface area contributed by atoms with E-state index in [2.05, 4.69) is 0 Å². The van der Waals surface area contributed by atoms with Crippen LogP contribution in [0.1, 0.15) is 44.4 Å². The summed E-state index contributed by atoms with van der Waals surface area (Å²) in [5.74, 6) is 0. The van der Waals surface area contributed by atoms with Gasteiger partial charge in [-0.2, -0.15) is 5.01 Å². The van der Waals surface area contributed by atoms with Crippen molar-refractivity contribution < 1.29 is 29.2 Å². The summed E-state index contributed by atoms with van der Waals surface area (Å²) in [6, 6.07) is 6.96. The number of ether oxygens (including phenoxy) is 3. The van der Waals surface area contributed by atoms with E-state index in [4.69, 9.17) is 14.2 Å². The first-order chi connectivity index (χ1) is 12.3. The Balaban J connectivity index is 2.16. The lowest BCUT2D eigenvalue weighted by Gasteiger charge is -2.36. The van der Waals surface area contributed by atoms with Gasteiger partial charge >= 0.3 is 6.09 Å². The first kappa shape index (κ1) is 20.6. The predicted molar refractivity (Wildman–Crippen MR) is 93.8 cm³/mol. The Labute approximate surface area is 153 Å². The molecule has 8 heteroatoms. The normalized spacial score (nSPS) is 20.1. The molecule has 0 aliphatic carbocycles. The van der Waals surface area contributed by atoms with Crippen molar-refractivity contribution in [1.29, 1.82) is 0 Å². The van der Waals surface area contributed by atoms with Gasteiger partial charge in [-0.05, 0) is 20.8 Å². The van der Waals surface area contributed by atoms with E-state index >= 15 is 0 Å². The lowest BCUT2D eigenvalue weighted by molar-refractivity contribution is -0.201. The van der Waals surface area contributed by atoms with Gasteiger partial charge in [0, 0.05) is 18.2 Å². The fourth-order valence-electron chi connectivity index (χ4n) is 2.67. The standard InChI is InChI=1S/C18H28N2O6/c1-18(2,3)26-17(23)19(9-10-25-12-11-24-4)20-15(21)13-7-5-6-8-14(13)16(20)22/h5-8,15-16,21-22H,9-12H2,1-4H3. The minimum Gasteiger partial charge on any atom is -0.443 e. The molecule has 0 saturated carbocycles. The molecule has 1 aromatic carbocycles. The number of aliphatic hydroxyl groups is 2. The lowest BCUT2D eigenvalue weighted by Crippen LogP contribution is -2.50. The van der Waals surface area contributed by atoms with E-state index in [-0.39, 0.29) is 13.2 Å². The second-order valence-corrected chi connectivity index (χ2v) is 6.96. The van der Waals surface area contributed by atoms with Gasteiger partial charge < -0.3 is 24.4 Å². The molecule has 1 amide bonds. The van der Waals surface area contributed by atoms with Crippen LogP contribution in [0.4, 0.5) is 4.79 Å². The van der Waals surface area contributed by atoms with E-state index in [0.717, 1.165) is 0 Å². The molecule has 0 bridgehead atoms. The van der Waals surface area contributed by atoms with Crippen LogP contribution in [0.15, 0.2) is 24.3 Å². The average Bonchev–Trinajstić information content (AvgIpc) is 2.81. The monoisotopic (exact) mass is 368 g/mol. The Kier molecular flexibility index (Phi) is 6.96. The minimum absolute atomic E-state index is 0.112. The molecule has 146 valence electrons. The molecule has 0 radical (unpaired) electrons. The van der Waals surface area contributed by atoms with Crippen LogP contribution in [0.5, 0.6) is 0 Å². The van der Waals surface area contributed by atoms with Gasteiger partial charge in [-0.25, -0.2) is 9.80 Å². The quantitative estimate of drug-likeness (QED) is 0.709. The number of carbonyl (C=O) groups is 1. The fraction of sp³-hybridized carbons (Fsp3) is 0.611.